The van der Waals surface area contributed by atoms with E-state index in [9.17, 15) is 19.5 Å². The van der Waals surface area contributed by atoms with E-state index in [0.717, 1.165) is 49.7 Å². The highest BCUT2D eigenvalue weighted by Crippen LogP contribution is 2.56. The van der Waals surface area contributed by atoms with Gasteiger partial charge in [0.25, 0.3) is 0 Å². The molecule has 4 aliphatic carbocycles. The summed E-state index contributed by atoms with van der Waals surface area (Å²) in [6.07, 6.45) is 6.14. The first kappa shape index (κ1) is 29.6. The Hall–Kier alpha value is -3.39. The van der Waals surface area contributed by atoms with Crippen molar-refractivity contribution >= 4 is 18.0 Å². The van der Waals surface area contributed by atoms with E-state index < -0.39 is 0 Å². The monoisotopic (exact) mass is 550 g/mol. The standard InChI is InChI=1S/C15H19NO3.C15H17NO3.C2H6/c2*17-13-8-15(9-13)6-12(7-15)16-14(18)19-10-11-4-2-1-3-5-11;1-2/h1-5,12-13,17H,6-10H2,(H,16,18);1-5,12H,6-10H2,(H,16,18);1-2H3. The second-order valence-electron chi connectivity index (χ2n) is 11.6. The molecule has 40 heavy (non-hydrogen) atoms. The Morgan fingerprint density at radius 2 is 1.12 bits per heavy atom. The van der Waals surface area contributed by atoms with Gasteiger partial charge in [0, 0.05) is 24.9 Å². The number of hydrogen-bond acceptors (Lipinski definition) is 6. The second-order valence-corrected chi connectivity index (χ2v) is 11.6. The maximum atomic E-state index is 11.6. The van der Waals surface area contributed by atoms with Crippen LogP contribution in [0.4, 0.5) is 9.59 Å². The highest BCUT2D eigenvalue weighted by molar-refractivity contribution is 5.86. The van der Waals surface area contributed by atoms with Crippen LogP contribution < -0.4 is 10.6 Å². The summed E-state index contributed by atoms with van der Waals surface area (Å²) >= 11 is 0. The molecular weight excluding hydrogens is 508 g/mol. The van der Waals surface area contributed by atoms with Crippen molar-refractivity contribution in [2.75, 3.05) is 0 Å². The molecule has 3 N–H and O–H groups in total. The molecule has 216 valence electrons. The fourth-order valence-corrected chi connectivity index (χ4v) is 6.38. The van der Waals surface area contributed by atoms with Crippen LogP contribution in [0, 0.1) is 10.8 Å². The molecule has 4 saturated carbocycles. The number of amides is 2. The molecule has 8 heteroatoms. The molecule has 2 amide bonds. The summed E-state index contributed by atoms with van der Waals surface area (Å²) in [5.41, 5.74) is 2.50. The first-order valence-corrected chi connectivity index (χ1v) is 14.4. The summed E-state index contributed by atoms with van der Waals surface area (Å²) in [6.45, 7) is 4.60. The van der Waals surface area contributed by atoms with Crippen molar-refractivity contribution in [3.05, 3.63) is 71.8 Å². The van der Waals surface area contributed by atoms with Gasteiger partial charge in [-0.25, -0.2) is 9.59 Å². The van der Waals surface area contributed by atoms with Crippen LogP contribution in [0.3, 0.4) is 0 Å². The van der Waals surface area contributed by atoms with E-state index in [2.05, 4.69) is 10.6 Å². The number of carbonyl (C=O) groups excluding carboxylic acids is 3. The zero-order valence-corrected chi connectivity index (χ0v) is 23.6. The van der Waals surface area contributed by atoms with Gasteiger partial charge in [-0.05, 0) is 60.5 Å². The Labute approximate surface area is 236 Å². The lowest BCUT2D eigenvalue weighted by molar-refractivity contribution is -0.139. The van der Waals surface area contributed by atoms with Crippen LogP contribution in [0.2, 0.25) is 0 Å². The minimum atomic E-state index is -0.366. The lowest BCUT2D eigenvalue weighted by atomic mass is 9.53. The number of nitrogens with one attached hydrogen (secondary N) is 2. The molecule has 0 unspecified atom stereocenters. The second kappa shape index (κ2) is 13.3. The largest absolute Gasteiger partial charge is 0.445 e. The highest BCUT2D eigenvalue weighted by atomic mass is 16.6. The molecule has 2 aromatic rings. The van der Waals surface area contributed by atoms with E-state index in [0.29, 0.717) is 37.3 Å². The minimum Gasteiger partial charge on any atom is -0.445 e. The number of benzene rings is 2. The number of hydrogen-bond donors (Lipinski definition) is 3. The zero-order chi connectivity index (χ0) is 28.6. The molecule has 0 aromatic heterocycles. The summed E-state index contributed by atoms with van der Waals surface area (Å²) in [5.74, 6) is 0.352. The lowest BCUT2D eigenvalue weighted by Gasteiger charge is -2.56. The third-order valence-corrected chi connectivity index (χ3v) is 8.27. The molecule has 0 aliphatic heterocycles. The van der Waals surface area contributed by atoms with Gasteiger partial charge in [0.05, 0.1) is 6.10 Å². The zero-order valence-electron chi connectivity index (χ0n) is 23.6. The topological polar surface area (TPSA) is 114 Å². The van der Waals surface area contributed by atoms with Crippen LogP contribution in [0.25, 0.3) is 0 Å². The molecule has 4 aliphatic rings. The Kier molecular flexibility index (Phi) is 9.85. The number of carbonyl (C=O) groups is 3. The molecule has 8 nitrogen and oxygen atoms in total. The minimum absolute atomic E-state index is 0.119. The third-order valence-electron chi connectivity index (χ3n) is 8.27. The maximum Gasteiger partial charge on any atom is 0.407 e. The first-order chi connectivity index (χ1) is 19.3. The molecule has 6 rings (SSSR count). The summed E-state index contributed by atoms with van der Waals surface area (Å²) < 4.78 is 10.3. The van der Waals surface area contributed by atoms with Crippen molar-refractivity contribution in [2.45, 2.75) is 96.6 Å². The maximum absolute atomic E-state index is 11.6. The summed E-state index contributed by atoms with van der Waals surface area (Å²) in [4.78, 5) is 34.2. The number of alkyl carbamates (subject to hydrolysis) is 2. The lowest BCUT2D eigenvalue weighted by Crippen LogP contribution is -2.57. The van der Waals surface area contributed by atoms with Gasteiger partial charge < -0.3 is 25.2 Å². The molecule has 2 aromatic carbocycles. The van der Waals surface area contributed by atoms with Crippen molar-refractivity contribution in [1.29, 1.82) is 0 Å². The fraction of sp³-hybridized carbons (Fsp3) is 0.531. The first-order valence-electron chi connectivity index (χ1n) is 14.4. The van der Waals surface area contributed by atoms with Gasteiger partial charge in [0.15, 0.2) is 0 Å². The Bertz CT molecular complexity index is 1110. The number of rotatable bonds is 6. The normalized spacial score (nSPS) is 25.2. The van der Waals surface area contributed by atoms with Gasteiger partial charge in [-0.1, -0.05) is 74.5 Å². The van der Waals surface area contributed by atoms with Crippen molar-refractivity contribution in [3.8, 4) is 0 Å². The van der Waals surface area contributed by atoms with Gasteiger partial charge in [0.1, 0.15) is 19.0 Å². The van der Waals surface area contributed by atoms with E-state index in [1.54, 1.807) is 0 Å². The van der Waals surface area contributed by atoms with E-state index in [-0.39, 0.29) is 35.8 Å². The fourth-order valence-electron chi connectivity index (χ4n) is 6.38. The molecular formula is C32H42N2O6. The van der Waals surface area contributed by atoms with Crippen LogP contribution >= 0.6 is 0 Å². The van der Waals surface area contributed by atoms with Crippen LogP contribution in [0.5, 0.6) is 0 Å². The number of ketones is 1. The SMILES string of the molecule is CC.O=C(NC1CC2(CC(O)C2)C1)OCc1ccccc1.O=C1CC2(C1)CC(NC(=O)OCc1ccccc1)C2. The van der Waals surface area contributed by atoms with Crippen molar-refractivity contribution < 1.29 is 29.0 Å². The van der Waals surface area contributed by atoms with Gasteiger partial charge in [-0.2, -0.15) is 0 Å². The van der Waals surface area contributed by atoms with Gasteiger partial charge >= 0.3 is 12.2 Å². The third kappa shape index (κ3) is 7.84. The Morgan fingerprint density at radius 3 is 1.50 bits per heavy atom. The molecule has 0 atom stereocenters. The van der Waals surface area contributed by atoms with Gasteiger partial charge in [0.2, 0.25) is 0 Å². The summed E-state index contributed by atoms with van der Waals surface area (Å²) in [6, 6.07) is 19.6. The highest BCUT2D eigenvalue weighted by Gasteiger charge is 2.53. The Balaban J connectivity index is 0.000000174. The predicted molar refractivity (Wildman–Crippen MR) is 151 cm³/mol. The number of ether oxygens (including phenoxy) is 2. The average molecular weight is 551 g/mol. The summed E-state index contributed by atoms with van der Waals surface area (Å²) in [5, 5.41) is 15.0. The number of Topliss-reactive ketones (excluding diaryl/α,β-unsaturated/α-hetero) is 1. The van der Waals surface area contributed by atoms with E-state index in [4.69, 9.17) is 9.47 Å². The molecule has 2 spiro atoms. The molecule has 0 bridgehead atoms. The van der Waals surface area contributed by atoms with E-state index in [1.165, 1.54) is 0 Å². The van der Waals surface area contributed by atoms with Gasteiger partial charge in [-0.15, -0.1) is 0 Å². The van der Waals surface area contributed by atoms with Crippen LogP contribution in [-0.2, 0) is 27.5 Å². The molecule has 4 fully saturated rings. The van der Waals surface area contributed by atoms with E-state index >= 15 is 0 Å². The van der Waals surface area contributed by atoms with Crippen LogP contribution in [0.1, 0.15) is 76.3 Å². The summed E-state index contributed by atoms with van der Waals surface area (Å²) in [7, 11) is 0. The van der Waals surface area contributed by atoms with Gasteiger partial charge in [-0.3, -0.25) is 4.79 Å². The smallest absolute Gasteiger partial charge is 0.407 e. The molecule has 0 heterocycles. The number of aliphatic hydroxyl groups is 1. The van der Waals surface area contributed by atoms with Crippen molar-refractivity contribution in [3.63, 3.8) is 0 Å². The molecule has 0 radical (unpaired) electrons. The van der Waals surface area contributed by atoms with Crippen LogP contribution in [0.15, 0.2) is 60.7 Å². The van der Waals surface area contributed by atoms with Crippen LogP contribution in [-0.4, -0.2) is 41.3 Å². The van der Waals surface area contributed by atoms with E-state index in [1.807, 2.05) is 74.5 Å². The number of aliphatic hydroxyl groups excluding tert-OH is 1. The average Bonchev–Trinajstić information content (AvgIpc) is 2.89. The van der Waals surface area contributed by atoms with Crippen molar-refractivity contribution in [1.82, 2.24) is 10.6 Å². The molecule has 0 saturated heterocycles. The predicted octanol–water partition coefficient (Wildman–Crippen LogP) is 5.67. The quantitative estimate of drug-likeness (QED) is 0.427. The Morgan fingerprint density at radius 1 is 0.725 bits per heavy atom. The van der Waals surface area contributed by atoms with Crippen molar-refractivity contribution in [2.24, 2.45) is 10.8 Å².